The van der Waals surface area contributed by atoms with E-state index in [1.807, 2.05) is 31.4 Å². The topological polar surface area (TPSA) is 78.8 Å². The maximum atomic E-state index is 12.8. The molecule has 2 aliphatic heterocycles. The summed E-state index contributed by atoms with van der Waals surface area (Å²) in [7, 11) is -3.51. The Labute approximate surface area is 145 Å². The minimum Gasteiger partial charge on any atom is -0.344 e. The summed E-state index contributed by atoms with van der Waals surface area (Å²) in [6, 6.07) is 3.81. The van der Waals surface area contributed by atoms with E-state index >= 15 is 0 Å². The van der Waals surface area contributed by atoms with Gasteiger partial charge in [-0.1, -0.05) is 19.9 Å². The second-order valence-corrected chi connectivity index (χ2v) is 8.76. The number of amides is 1. The molecule has 3 heterocycles. The summed E-state index contributed by atoms with van der Waals surface area (Å²) >= 11 is 1.59. The molecular weight excluding hydrogens is 346 g/mol. The number of rotatable bonds is 4. The average Bonchev–Trinajstić information content (AvgIpc) is 3.04. The Morgan fingerprint density at radius 2 is 2.21 bits per heavy atom. The maximum absolute atomic E-state index is 12.8. The highest BCUT2D eigenvalue weighted by molar-refractivity contribution is 7.90. The molecule has 6 nitrogen and oxygen atoms in total. The Balaban J connectivity index is 1.87. The fraction of sp³-hybridized carbons (Fsp3) is 0.375. The summed E-state index contributed by atoms with van der Waals surface area (Å²) < 4.78 is 27.4. The fourth-order valence-corrected chi connectivity index (χ4v) is 4.58. The van der Waals surface area contributed by atoms with Crippen LogP contribution in [0.1, 0.15) is 24.8 Å². The molecule has 24 heavy (non-hydrogen) atoms. The van der Waals surface area contributed by atoms with Crippen LogP contribution in [0, 0.1) is 5.92 Å². The molecule has 2 aliphatic rings. The number of nitrogens with one attached hydrogen (secondary N) is 1. The monoisotopic (exact) mass is 365 g/mol. The number of fused-ring (bicyclic) bond motifs is 1. The van der Waals surface area contributed by atoms with E-state index in [1.54, 1.807) is 34.6 Å². The third-order valence-corrected chi connectivity index (χ3v) is 6.01. The second kappa shape index (κ2) is 6.52. The van der Waals surface area contributed by atoms with Crippen LogP contribution in [0.5, 0.6) is 0 Å². The van der Waals surface area contributed by atoms with Gasteiger partial charge in [0.15, 0.2) is 5.84 Å². The van der Waals surface area contributed by atoms with Gasteiger partial charge < -0.3 is 10.2 Å². The van der Waals surface area contributed by atoms with Gasteiger partial charge in [-0.2, -0.15) is 0 Å². The standard InChI is InChI=1S/C16H19N3O3S2/c1-11(2)14(13-6-4-9-23-13)17-16(20)12-5-3-7-19-8-10-24(21,22)18-15(12)19/h3-7,9,11,14H,8,10H2,1-2H3,(H,17,20). The highest BCUT2D eigenvalue weighted by Crippen LogP contribution is 2.27. The molecule has 1 amide bonds. The van der Waals surface area contributed by atoms with Gasteiger partial charge in [-0.3, -0.25) is 4.79 Å². The van der Waals surface area contributed by atoms with Crippen LogP contribution in [-0.2, 0) is 14.8 Å². The van der Waals surface area contributed by atoms with E-state index in [4.69, 9.17) is 0 Å². The Bertz CT molecular complexity index is 821. The molecule has 8 heteroatoms. The second-order valence-electron chi connectivity index (χ2n) is 6.03. The molecule has 0 saturated carbocycles. The highest BCUT2D eigenvalue weighted by Gasteiger charge is 2.31. The van der Waals surface area contributed by atoms with Crippen LogP contribution in [0.15, 0.2) is 45.8 Å². The van der Waals surface area contributed by atoms with Gasteiger partial charge >= 0.3 is 0 Å². The predicted octanol–water partition coefficient (Wildman–Crippen LogP) is 2.06. The first-order valence-electron chi connectivity index (χ1n) is 7.70. The molecule has 3 rings (SSSR count). The molecule has 1 aromatic heterocycles. The van der Waals surface area contributed by atoms with Crippen LogP contribution in [-0.4, -0.2) is 37.4 Å². The SMILES string of the molecule is CC(C)C(NC(=O)C1=CC=CN2CCS(=O)(=O)N=C12)c1cccs1. The molecule has 0 bridgehead atoms. The zero-order valence-corrected chi connectivity index (χ0v) is 15.1. The van der Waals surface area contributed by atoms with E-state index in [-0.39, 0.29) is 35.0 Å². The smallest absolute Gasteiger partial charge is 0.256 e. The maximum Gasteiger partial charge on any atom is 0.256 e. The van der Waals surface area contributed by atoms with Crippen molar-refractivity contribution in [2.24, 2.45) is 10.3 Å². The first-order valence-corrected chi connectivity index (χ1v) is 10.2. The van der Waals surface area contributed by atoms with Crippen molar-refractivity contribution in [3.63, 3.8) is 0 Å². The van der Waals surface area contributed by atoms with Crippen molar-refractivity contribution < 1.29 is 13.2 Å². The van der Waals surface area contributed by atoms with Gasteiger partial charge in [0.25, 0.3) is 15.9 Å². The van der Waals surface area contributed by atoms with E-state index in [0.717, 1.165) is 4.88 Å². The largest absolute Gasteiger partial charge is 0.344 e. The Hall–Kier alpha value is -1.93. The molecule has 128 valence electrons. The van der Waals surface area contributed by atoms with Crippen LogP contribution in [0.25, 0.3) is 0 Å². The van der Waals surface area contributed by atoms with Crippen LogP contribution in [0.3, 0.4) is 0 Å². The lowest BCUT2D eigenvalue weighted by Crippen LogP contribution is -2.43. The van der Waals surface area contributed by atoms with Crippen molar-refractivity contribution in [1.29, 1.82) is 0 Å². The molecule has 1 atom stereocenters. The summed E-state index contributed by atoms with van der Waals surface area (Å²) in [5.74, 6) is 0.0576. The first kappa shape index (κ1) is 16.9. The molecule has 0 aliphatic carbocycles. The molecule has 0 saturated heterocycles. The van der Waals surface area contributed by atoms with E-state index in [2.05, 4.69) is 9.71 Å². The summed E-state index contributed by atoms with van der Waals surface area (Å²) in [6.07, 6.45) is 5.09. The number of amidine groups is 1. The van der Waals surface area contributed by atoms with Crippen LogP contribution in [0.2, 0.25) is 0 Å². The van der Waals surface area contributed by atoms with Crippen molar-refractivity contribution in [1.82, 2.24) is 10.2 Å². The number of carbonyl (C=O) groups is 1. The number of carbonyl (C=O) groups excluding carboxylic acids is 1. The van der Waals surface area contributed by atoms with Gasteiger partial charge in [0.2, 0.25) is 0 Å². The number of hydrogen-bond donors (Lipinski definition) is 1. The summed E-state index contributed by atoms with van der Waals surface area (Å²) in [5.41, 5.74) is 0.281. The lowest BCUT2D eigenvalue weighted by atomic mass is 10.0. The zero-order valence-electron chi connectivity index (χ0n) is 13.5. The van der Waals surface area contributed by atoms with E-state index < -0.39 is 10.0 Å². The first-order chi connectivity index (χ1) is 11.4. The molecule has 1 N–H and O–H groups in total. The molecule has 0 fully saturated rings. The predicted molar refractivity (Wildman–Crippen MR) is 95.2 cm³/mol. The zero-order chi connectivity index (χ0) is 17.3. The van der Waals surface area contributed by atoms with Crippen molar-refractivity contribution >= 4 is 33.1 Å². The Morgan fingerprint density at radius 1 is 1.42 bits per heavy atom. The summed E-state index contributed by atoms with van der Waals surface area (Å²) in [4.78, 5) is 15.5. The quantitative estimate of drug-likeness (QED) is 0.886. The lowest BCUT2D eigenvalue weighted by molar-refractivity contribution is -0.118. The third kappa shape index (κ3) is 3.44. The van der Waals surface area contributed by atoms with Crippen molar-refractivity contribution in [2.45, 2.75) is 19.9 Å². The number of sulfonamides is 1. The van der Waals surface area contributed by atoms with Gasteiger partial charge in [-0.15, -0.1) is 15.7 Å². The minimum atomic E-state index is -3.51. The van der Waals surface area contributed by atoms with Gasteiger partial charge in [0.1, 0.15) is 0 Å². The fourth-order valence-electron chi connectivity index (χ4n) is 2.65. The Morgan fingerprint density at radius 3 is 2.88 bits per heavy atom. The molecule has 0 radical (unpaired) electrons. The van der Waals surface area contributed by atoms with Crippen LogP contribution in [0.4, 0.5) is 0 Å². The highest BCUT2D eigenvalue weighted by atomic mass is 32.2. The molecule has 1 aromatic rings. The molecule has 1 unspecified atom stereocenters. The number of allylic oxidation sites excluding steroid dienone is 2. The van der Waals surface area contributed by atoms with Gasteiger partial charge in [0, 0.05) is 17.6 Å². The summed E-state index contributed by atoms with van der Waals surface area (Å²) in [6.45, 7) is 4.38. The van der Waals surface area contributed by atoms with Crippen LogP contribution >= 0.6 is 11.3 Å². The normalized spacial score (nSPS) is 20.2. The van der Waals surface area contributed by atoms with Crippen molar-refractivity contribution in [3.8, 4) is 0 Å². The number of nitrogens with zero attached hydrogens (tertiary/aromatic N) is 2. The van der Waals surface area contributed by atoms with Gasteiger partial charge in [-0.05, 0) is 29.5 Å². The van der Waals surface area contributed by atoms with E-state index in [0.29, 0.717) is 6.54 Å². The summed E-state index contributed by atoms with van der Waals surface area (Å²) in [5, 5.41) is 4.99. The third-order valence-electron chi connectivity index (χ3n) is 3.91. The minimum absolute atomic E-state index is 0.0421. The number of thiophene rings is 1. The average molecular weight is 365 g/mol. The van der Waals surface area contributed by atoms with Gasteiger partial charge in [-0.25, -0.2) is 8.42 Å². The molecular formula is C16H19N3O3S2. The van der Waals surface area contributed by atoms with Gasteiger partial charge in [0.05, 0.1) is 17.4 Å². The lowest BCUT2D eigenvalue weighted by Gasteiger charge is -2.30. The van der Waals surface area contributed by atoms with Crippen molar-refractivity contribution in [3.05, 3.63) is 46.3 Å². The Kier molecular flexibility index (Phi) is 4.60. The molecule has 0 aromatic carbocycles. The molecule has 0 spiro atoms. The van der Waals surface area contributed by atoms with E-state index in [9.17, 15) is 13.2 Å². The number of hydrogen-bond acceptors (Lipinski definition) is 5. The van der Waals surface area contributed by atoms with Crippen molar-refractivity contribution in [2.75, 3.05) is 12.3 Å². The van der Waals surface area contributed by atoms with E-state index in [1.165, 1.54) is 0 Å². The van der Waals surface area contributed by atoms with Crippen LogP contribution < -0.4 is 5.32 Å².